The molecular weight excluding hydrogens is 375 g/mol. The Morgan fingerprint density at radius 2 is 1.93 bits per heavy atom. The van der Waals surface area contributed by atoms with Gasteiger partial charge < -0.3 is 4.90 Å². The summed E-state index contributed by atoms with van der Waals surface area (Å²) < 4.78 is 17.2. The second-order valence-corrected chi connectivity index (χ2v) is 7.79. The van der Waals surface area contributed by atoms with Gasteiger partial charge in [0, 0.05) is 6.04 Å². The van der Waals surface area contributed by atoms with Crippen LogP contribution < -0.4 is 5.56 Å². The highest BCUT2D eigenvalue weighted by Gasteiger charge is 2.32. The lowest BCUT2D eigenvalue weighted by molar-refractivity contribution is 0.283. The first-order chi connectivity index (χ1) is 13.4. The summed E-state index contributed by atoms with van der Waals surface area (Å²) in [6.07, 6.45) is 5.70. The average molecular weight is 401 g/mol. The van der Waals surface area contributed by atoms with Crippen molar-refractivity contribution < 1.29 is 4.39 Å². The van der Waals surface area contributed by atoms with Crippen LogP contribution in [-0.2, 0) is 13.1 Å². The van der Waals surface area contributed by atoms with Crippen LogP contribution in [0.1, 0.15) is 12.6 Å². The van der Waals surface area contributed by atoms with Gasteiger partial charge in [0.15, 0.2) is 0 Å². The molecular formula is C21H25FN4OS. The Kier molecular flexibility index (Phi) is 6.05. The molecule has 2 aromatic rings. The summed E-state index contributed by atoms with van der Waals surface area (Å²) in [6, 6.07) is 6.27. The maximum absolute atomic E-state index is 13.5. The number of allylic oxidation sites excluding steroid dienone is 2. The number of hydrogen-bond donors (Lipinski definition) is 0. The van der Waals surface area contributed by atoms with E-state index in [1.54, 1.807) is 16.8 Å². The molecule has 0 amide bonds. The minimum absolute atomic E-state index is 0.0853. The first kappa shape index (κ1) is 20.4. The lowest BCUT2D eigenvalue weighted by Gasteiger charge is -2.17. The van der Waals surface area contributed by atoms with Crippen molar-refractivity contribution in [2.24, 2.45) is 4.99 Å². The van der Waals surface area contributed by atoms with Crippen molar-refractivity contribution in [3.63, 3.8) is 0 Å². The molecule has 1 aromatic heterocycles. The Labute approximate surface area is 168 Å². The third-order valence-electron chi connectivity index (χ3n) is 4.91. The van der Waals surface area contributed by atoms with E-state index in [2.05, 4.69) is 16.5 Å². The molecule has 0 bridgehead atoms. The van der Waals surface area contributed by atoms with Gasteiger partial charge in [-0.1, -0.05) is 24.8 Å². The second-order valence-electron chi connectivity index (χ2n) is 6.91. The molecule has 0 aliphatic carbocycles. The van der Waals surface area contributed by atoms with Crippen LogP contribution in [-0.4, -0.2) is 46.4 Å². The van der Waals surface area contributed by atoms with E-state index in [1.807, 2.05) is 44.1 Å². The normalized spacial score (nSPS) is 16.9. The fourth-order valence-corrected chi connectivity index (χ4v) is 3.58. The third kappa shape index (κ3) is 3.77. The number of rotatable bonds is 6. The number of likely N-dealkylation sites (N-methyl/N-ethyl adjacent to an activating group) is 1. The standard InChI is InChI=1S/C21H25FN4OS/c1-6-7-18(23-14(2)28-5)20-19(15-8-10-16(22)11-9-15)21(27)26-13-17(24(3)4)12-25(20)26/h6-11,17H,2,12-13H2,1,3-5H3/b7-6-,23-18+. The van der Waals surface area contributed by atoms with E-state index in [-0.39, 0.29) is 17.4 Å². The smallest absolute Gasteiger partial charge is 0.275 e. The van der Waals surface area contributed by atoms with E-state index in [4.69, 9.17) is 0 Å². The number of thioether (sulfide) groups is 1. The van der Waals surface area contributed by atoms with Gasteiger partial charge in [0.05, 0.1) is 35.1 Å². The van der Waals surface area contributed by atoms with Gasteiger partial charge in [-0.15, -0.1) is 11.8 Å². The number of aromatic nitrogens is 2. The van der Waals surface area contributed by atoms with E-state index in [9.17, 15) is 9.18 Å². The van der Waals surface area contributed by atoms with Crippen LogP contribution in [0.5, 0.6) is 0 Å². The van der Waals surface area contributed by atoms with Crippen molar-refractivity contribution in [1.29, 1.82) is 0 Å². The summed E-state index contributed by atoms with van der Waals surface area (Å²) >= 11 is 1.45. The molecule has 1 unspecified atom stereocenters. The van der Waals surface area contributed by atoms with E-state index in [1.165, 1.54) is 23.9 Å². The molecule has 1 aliphatic rings. The van der Waals surface area contributed by atoms with Crippen LogP contribution in [0.4, 0.5) is 4.39 Å². The first-order valence-electron chi connectivity index (χ1n) is 9.08. The van der Waals surface area contributed by atoms with E-state index in [0.717, 1.165) is 5.69 Å². The number of halogens is 1. The predicted molar refractivity (Wildman–Crippen MR) is 116 cm³/mol. The van der Waals surface area contributed by atoms with Crippen LogP contribution in [0.15, 0.2) is 57.8 Å². The van der Waals surface area contributed by atoms with Gasteiger partial charge in [-0.25, -0.2) is 14.1 Å². The molecule has 2 heterocycles. The van der Waals surface area contributed by atoms with Gasteiger partial charge in [0.25, 0.3) is 5.56 Å². The topological polar surface area (TPSA) is 42.5 Å². The molecule has 0 saturated heterocycles. The van der Waals surface area contributed by atoms with Crippen molar-refractivity contribution in [3.8, 4) is 11.1 Å². The molecule has 3 rings (SSSR count). The molecule has 0 radical (unpaired) electrons. The van der Waals surface area contributed by atoms with Gasteiger partial charge in [0.1, 0.15) is 5.82 Å². The van der Waals surface area contributed by atoms with Crippen LogP contribution in [0, 0.1) is 5.82 Å². The maximum atomic E-state index is 13.5. The SMILES string of the molecule is C=C(/N=C(\C=C/C)c1c(-c2ccc(F)cc2)c(=O)n2n1CC(N(C)C)C2)SC. The largest absolute Gasteiger partial charge is 0.303 e. The molecule has 0 fully saturated rings. The van der Waals surface area contributed by atoms with Gasteiger partial charge in [-0.3, -0.25) is 9.48 Å². The number of benzene rings is 1. The molecule has 148 valence electrons. The van der Waals surface area contributed by atoms with E-state index < -0.39 is 0 Å². The van der Waals surface area contributed by atoms with Crippen molar-refractivity contribution in [2.45, 2.75) is 26.1 Å². The van der Waals surface area contributed by atoms with Gasteiger partial charge in [-0.05, 0) is 51.0 Å². The zero-order chi connectivity index (χ0) is 20.4. The molecule has 7 heteroatoms. The zero-order valence-electron chi connectivity index (χ0n) is 16.6. The molecule has 0 saturated carbocycles. The molecule has 1 aromatic carbocycles. The summed E-state index contributed by atoms with van der Waals surface area (Å²) in [6.45, 7) is 7.17. The zero-order valence-corrected chi connectivity index (χ0v) is 17.5. The fourth-order valence-electron chi connectivity index (χ4n) is 3.39. The van der Waals surface area contributed by atoms with Gasteiger partial charge in [-0.2, -0.15) is 0 Å². The molecule has 0 N–H and O–H groups in total. The molecule has 5 nitrogen and oxygen atoms in total. The van der Waals surface area contributed by atoms with E-state index in [0.29, 0.717) is 35.0 Å². The molecule has 0 spiro atoms. The lowest BCUT2D eigenvalue weighted by Crippen LogP contribution is -2.31. The minimum Gasteiger partial charge on any atom is -0.303 e. The predicted octanol–water partition coefficient (Wildman–Crippen LogP) is 3.60. The highest BCUT2D eigenvalue weighted by atomic mass is 32.2. The van der Waals surface area contributed by atoms with Crippen molar-refractivity contribution in [1.82, 2.24) is 14.3 Å². The quantitative estimate of drug-likeness (QED) is 0.696. The number of aliphatic imine (C=N–C) groups is 1. The van der Waals surface area contributed by atoms with Crippen LogP contribution >= 0.6 is 11.8 Å². The lowest BCUT2D eigenvalue weighted by atomic mass is 10.0. The van der Waals surface area contributed by atoms with Crippen LogP contribution in [0.3, 0.4) is 0 Å². The Morgan fingerprint density at radius 3 is 2.50 bits per heavy atom. The third-order valence-corrected chi connectivity index (χ3v) is 5.48. The Morgan fingerprint density at radius 1 is 1.29 bits per heavy atom. The summed E-state index contributed by atoms with van der Waals surface area (Å²) in [5, 5.41) is 0.660. The van der Waals surface area contributed by atoms with Crippen molar-refractivity contribution in [3.05, 3.63) is 69.9 Å². The molecule has 1 aliphatic heterocycles. The maximum Gasteiger partial charge on any atom is 0.275 e. The average Bonchev–Trinajstić information content (AvgIpc) is 3.21. The fraction of sp³-hybridized carbons (Fsp3) is 0.333. The Balaban J connectivity index is 2.28. The minimum atomic E-state index is -0.331. The summed E-state index contributed by atoms with van der Waals surface area (Å²) in [4.78, 5) is 20.1. The van der Waals surface area contributed by atoms with Crippen LogP contribution in [0.25, 0.3) is 11.1 Å². The summed E-state index contributed by atoms with van der Waals surface area (Å²) in [5.74, 6) is -0.331. The van der Waals surface area contributed by atoms with Gasteiger partial charge >= 0.3 is 0 Å². The highest BCUT2D eigenvalue weighted by molar-refractivity contribution is 8.02. The second kappa shape index (κ2) is 8.32. The number of fused-ring (bicyclic) bond motifs is 1. The van der Waals surface area contributed by atoms with E-state index >= 15 is 0 Å². The van der Waals surface area contributed by atoms with Crippen molar-refractivity contribution in [2.75, 3.05) is 20.4 Å². The molecule has 1 atom stereocenters. The van der Waals surface area contributed by atoms with Gasteiger partial charge in [0.2, 0.25) is 0 Å². The monoisotopic (exact) mass is 400 g/mol. The summed E-state index contributed by atoms with van der Waals surface area (Å²) in [7, 11) is 4.03. The number of hydrogen-bond acceptors (Lipinski definition) is 4. The summed E-state index contributed by atoms with van der Waals surface area (Å²) in [5.41, 5.74) is 2.57. The number of nitrogens with zero attached hydrogens (tertiary/aromatic N) is 4. The first-order valence-corrected chi connectivity index (χ1v) is 10.3. The Bertz CT molecular complexity index is 999. The Hall–Kier alpha value is -2.38. The highest BCUT2D eigenvalue weighted by Crippen LogP contribution is 2.27. The van der Waals surface area contributed by atoms with Crippen molar-refractivity contribution >= 4 is 17.5 Å². The molecule has 28 heavy (non-hydrogen) atoms. The van der Waals surface area contributed by atoms with Crippen LogP contribution in [0.2, 0.25) is 0 Å².